The summed E-state index contributed by atoms with van der Waals surface area (Å²) in [5, 5.41) is 9.13. The molecule has 1 atom stereocenters. The Hall–Kier alpha value is -1.16. The van der Waals surface area contributed by atoms with Crippen molar-refractivity contribution in [2.24, 2.45) is 0 Å². The van der Waals surface area contributed by atoms with Crippen molar-refractivity contribution in [2.45, 2.75) is 56.1 Å². The van der Waals surface area contributed by atoms with E-state index >= 15 is 0 Å². The molecule has 1 unspecified atom stereocenters. The van der Waals surface area contributed by atoms with E-state index in [1.54, 1.807) is 12.1 Å². The van der Waals surface area contributed by atoms with Gasteiger partial charge in [-0.05, 0) is 37.6 Å². The van der Waals surface area contributed by atoms with Gasteiger partial charge in [-0.15, -0.1) is 11.8 Å². The number of hydrogen-bond donors (Lipinski definition) is 1. The average molecular weight is 296 g/mol. The minimum absolute atomic E-state index is 0.137. The van der Waals surface area contributed by atoms with Crippen molar-refractivity contribution in [1.29, 1.82) is 0 Å². The molecule has 0 spiro atoms. The third-order valence-corrected chi connectivity index (χ3v) is 4.24. The van der Waals surface area contributed by atoms with E-state index in [0.717, 1.165) is 24.2 Å². The lowest BCUT2D eigenvalue weighted by molar-refractivity contribution is -0.142. The van der Waals surface area contributed by atoms with Gasteiger partial charge in [0.1, 0.15) is 11.0 Å². The van der Waals surface area contributed by atoms with Gasteiger partial charge in [0, 0.05) is 4.90 Å². The normalized spacial score (nSPS) is 12.1. The van der Waals surface area contributed by atoms with Crippen molar-refractivity contribution in [3.05, 3.63) is 24.3 Å². The first-order valence-electron chi connectivity index (χ1n) is 7.29. The van der Waals surface area contributed by atoms with Gasteiger partial charge in [-0.25, -0.2) is 0 Å². The Morgan fingerprint density at radius 1 is 1.20 bits per heavy atom. The van der Waals surface area contributed by atoms with E-state index in [1.807, 2.05) is 19.1 Å². The fourth-order valence-electron chi connectivity index (χ4n) is 1.91. The van der Waals surface area contributed by atoms with Gasteiger partial charge in [0.15, 0.2) is 0 Å². The highest BCUT2D eigenvalue weighted by Gasteiger charge is 2.20. The molecular formula is C16H24O3S. The Kier molecular flexibility index (Phi) is 8.19. The highest BCUT2D eigenvalue weighted by atomic mass is 32.2. The van der Waals surface area contributed by atoms with Crippen LogP contribution in [0.3, 0.4) is 0 Å². The number of ether oxygens (including phenoxy) is 1. The second-order valence-corrected chi connectivity index (χ2v) is 5.98. The largest absolute Gasteiger partial charge is 0.508 e. The molecule has 0 heterocycles. The Labute approximate surface area is 125 Å². The summed E-state index contributed by atoms with van der Waals surface area (Å²) in [6.07, 6.45) is 5.43. The van der Waals surface area contributed by atoms with E-state index in [-0.39, 0.29) is 17.0 Å². The van der Waals surface area contributed by atoms with Gasteiger partial charge in [-0.1, -0.05) is 32.6 Å². The van der Waals surface area contributed by atoms with Crippen LogP contribution in [0.15, 0.2) is 29.2 Å². The smallest absolute Gasteiger partial charge is 0.319 e. The van der Waals surface area contributed by atoms with Gasteiger partial charge in [0.2, 0.25) is 0 Å². The van der Waals surface area contributed by atoms with Crippen molar-refractivity contribution in [3.63, 3.8) is 0 Å². The standard InChI is InChI=1S/C16H24O3S/c1-3-5-6-7-8-15(16(18)19-4-2)20-14-11-9-13(17)10-12-14/h9-12,15,17H,3-8H2,1-2H3. The summed E-state index contributed by atoms with van der Waals surface area (Å²) in [5.74, 6) is 0.104. The summed E-state index contributed by atoms with van der Waals surface area (Å²) in [4.78, 5) is 13.0. The molecule has 4 heteroatoms. The number of hydrogen-bond acceptors (Lipinski definition) is 4. The fourth-order valence-corrected chi connectivity index (χ4v) is 2.98. The molecule has 1 aromatic rings. The maximum Gasteiger partial charge on any atom is 0.319 e. The van der Waals surface area contributed by atoms with Crippen molar-refractivity contribution in [1.82, 2.24) is 0 Å². The van der Waals surface area contributed by atoms with Gasteiger partial charge < -0.3 is 9.84 Å². The number of rotatable bonds is 9. The Morgan fingerprint density at radius 3 is 2.50 bits per heavy atom. The lowest BCUT2D eigenvalue weighted by Crippen LogP contribution is -2.20. The quantitative estimate of drug-likeness (QED) is 0.417. The number of aromatic hydroxyl groups is 1. The molecule has 0 amide bonds. The molecule has 0 aliphatic carbocycles. The first-order valence-corrected chi connectivity index (χ1v) is 8.17. The fraction of sp³-hybridized carbons (Fsp3) is 0.562. The molecule has 1 rings (SSSR count). The second-order valence-electron chi connectivity index (χ2n) is 4.70. The summed E-state index contributed by atoms with van der Waals surface area (Å²) >= 11 is 1.52. The van der Waals surface area contributed by atoms with Crippen LogP contribution in [0.5, 0.6) is 5.75 Å². The highest BCUT2D eigenvalue weighted by molar-refractivity contribution is 8.00. The van der Waals surface area contributed by atoms with Crippen LogP contribution >= 0.6 is 11.8 Å². The van der Waals surface area contributed by atoms with Crippen molar-refractivity contribution >= 4 is 17.7 Å². The Bertz CT molecular complexity index is 389. The molecule has 1 aromatic carbocycles. The SMILES string of the molecule is CCCCCCC(Sc1ccc(O)cc1)C(=O)OCC. The van der Waals surface area contributed by atoms with Gasteiger partial charge in [-0.3, -0.25) is 4.79 Å². The van der Waals surface area contributed by atoms with Crippen LogP contribution in [-0.2, 0) is 9.53 Å². The molecular weight excluding hydrogens is 272 g/mol. The van der Waals surface area contributed by atoms with E-state index < -0.39 is 0 Å². The summed E-state index contributed by atoms with van der Waals surface area (Å²) in [6.45, 7) is 4.42. The maximum absolute atomic E-state index is 12.0. The number of phenolic OH excluding ortho intramolecular Hbond substituents is 1. The van der Waals surface area contributed by atoms with Crippen LogP contribution in [0, 0.1) is 0 Å². The first kappa shape index (κ1) is 16.9. The molecule has 0 aromatic heterocycles. The van der Waals surface area contributed by atoms with E-state index in [4.69, 9.17) is 4.74 Å². The average Bonchev–Trinajstić information content (AvgIpc) is 2.44. The van der Waals surface area contributed by atoms with Crippen LogP contribution in [0.4, 0.5) is 0 Å². The Morgan fingerprint density at radius 2 is 1.90 bits per heavy atom. The molecule has 0 radical (unpaired) electrons. The van der Waals surface area contributed by atoms with Crippen LogP contribution < -0.4 is 0 Å². The predicted molar refractivity (Wildman–Crippen MR) is 83.1 cm³/mol. The van der Waals surface area contributed by atoms with E-state index in [1.165, 1.54) is 24.6 Å². The van der Waals surface area contributed by atoms with Gasteiger partial charge in [0.25, 0.3) is 0 Å². The van der Waals surface area contributed by atoms with Gasteiger partial charge in [-0.2, -0.15) is 0 Å². The number of phenols is 1. The minimum Gasteiger partial charge on any atom is -0.508 e. The molecule has 0 fully saturated rings. The molecule has 3 nitrogen and oxygen atoms in total. The maximum atomic E-state index is 12.0. The first-order chi connectivity index (χ1) is 9.67. The number of carbonyl (C=O) groups excluding carboxylic acids is 1. The number of thioether (sulfide) groups is 1. The third-order valence-electron chi connectivity index (χ3n) is 2.98. The monoisotopic (exact) mass is 296 g/mol. The van der Waals surface area contributed by atoms with Crippen molar-refractivity contribution in [2.75, 3.05) is 6.61 Å². The molecule has 20 heavy (non-hydrogen) atoms. The summed E-state index contributed by atoms with van der Waals surface area (Å²) < 4.78 is 5.15. The van der Waals surface area contributed by atoms with Crippen LogP contribution in [0.1, 0.15) is 46.0 Å². The molecule has 112 valence electrons. The van der Waals surface area contributed by atoms with E-state index in [0.29, 0.717) is 6.61 Å². The Balaban J connectivity index is 2.56. The molecule has 0 saturated heterocycles. The lowest BCUT2D eigenvalue weighted by atomic mass is 10.1. The summed E-state index contributed by atoms with van der Waals surface area (Å²) in [7, 11) is 0. The predicted octanol–water partition coefficient (Wildman–Crippen LogP) is 4.39. The van der Waals surface area contributed by atoms with E-state index in [9.17, 15) is 9.90 Å². The molecule has 0 bridgehead atoms. The van der Waals surface area contributed by atoms with Crippen molar-refractivity contribution < 1.29 is 14.6 Å². The van der Waals surface area contributed by atoms with Gasteiger partial charge in [0.05, 0.1) is 6.61 Å². The summed E-state index contributed by atoms with van der Waals surface area (Å²) in [5.41, 5.74) is 0. The number of carbonyl (C=O) groups is 1. The number of esters is 1. The summed E-state index contributed by atoms with van der Waals surface area (Å²) in [6, 6.07) is 6.94. The molecule has 0 saturated carbocycles. The number of unbranched alkanes of at least 4 members (excludes halogenated alkanes) is 3. The zero-order chi connectivity index (χ0) is 14.8. The number of benzene rings is 1. The van der Waals surface area contributed by atoms with E-state index in [2.05, 4.69) is 6.92 Å². The van der Waals surface area contributed by atoms with Crippen LogP contribution in [0.25, 0.3) is 0 Å². The topological polar surface area (TPSA) is 46.5 Å². The van der Waals surface area contributed by atoms with Gasteiger partial charge >= 0.3 is 5.97 Å². The molecule has 1 N–H and O–H groups in total. The zero-order valence-electron chi connectivity index (χ0n) is 12.3. The lowest BCUT2D eigenvalue weighted by Gasteiger charge is -2.15. The van der Waals surface area contributed by atoms with Crippen LogP contribution in [-0.4, -0.2) is 22.9 Å². The van der Waals surface area contributed by atoms with Crippen molar-refractivity contribution in [3.8, 4) is 5.75 Å². The molecule has 0 aliphatic heterocycles. The second kappa shape index (κ2) is 9.70. The van der Waals surface area contributed by atoms with Crippen LogP contribution in [0.2, 0.25) is 0 Å². The minimum atomic E-state index is -0.156. The zero-order valence-corrected chi connectivity index (χ0v) is 13.1. The molecule has 0 aliphatic rings. The highest BCUT2D eigenvalue weighted by Crippen LogP contribution is 2.29. The third kappa shape index (κ3) is 6.33.